The maximum atomic E-state index is 9.12. The third kappa shape index (κ3) is 2.59. The molecule has 0 aliphatic carbocycles. The summed E-state index contributed by atoms with van der Waals surface area (Å²) in [6, 6.07) is 20.5. The van der Waals surface area contributed by atoms with Gasteiger partial charge in [-0.1, -0.05) is 54.6 Å². The lowest BCUT2D eigenvalue weighted by atomic mass is 10.0. The maximum Gasteiger partial charge on any atom is 0.162 e. The molecule has 0 spiro atoms. The highest BCUT2D eigenvalue weighted by Gasteiger charge is 2.10. The van der Waals surface area contributed by atoms with Crippen molar-refractivity contribution in [3.63, 3.8) is 0 Å². The molecule has 0 bridgehead atoms. The van der Waals surface area contributed by atoms with E-state index in [0.717, 1.165) is 22.5 Å². The molecule has 0 atom stereocenters. The van der Waals surface area contributed by atoms with Gasteiger partial charge in [-0.2, -0.15) is 5.26 Å². The number of nitrogens with zero attached hydrogens (tertiary/aromatic N) is 3. The van der Waals surface area contributed by atoms with Gasteiger partial charge < -0.3 is 0 Å². The summed E-state index contributed by atoms with van der Waals surface area (Å²) in [5.74, 6) is 0. The number of nitriles is 1. The summed E-state index contributed by atoms with van der Waals surface area (Å²) in [5.41, 5.74) is 5.96. The SMILES string of the molecule is Cc1nc(C)c(-c2ccc(-c3ccccc3)cc2)nc1C#N. The van der Waals surface area contributed by atoms with E-state index in [-0.39, 0.29) is 0 Å². The van der Waals surface area contributed by atoms with Crippen LogP contribution in [0.1, 0.15) is 17.1 Å². The first-order valence-corrected chi connectivity index (χ1v) is 7.10. The Bertz CT molecular complexity index is 844. The number of aromatic nitrogens is 2. The third-order valence-corrected chi connectivity index (χ3v) is 3.62. The van der Waals surface area contributed by atoms with E-state index in [2.05, 4.69) is 40.3 Å². The van der Waals surface area contributed by atoms with Crippen molar-refractivity contribution in [2.45, 2.75) is 13.8 Å². The summed E-state index contributed by atoms with van der Waals surface area (Å²) in [6.07, 6.45) is 0. The van der Waals surface area contributed by atoms with Gasteiger partial charge in [0.1, 0.15) is 6.07 Å². The Morgan fingerprint density at radius 2 is 1.32 bits per heavy atom. The lowest BCUT2D eigenvalue weighted by molar-refractivity contribution is 1.04. The van der Waals surface area contributed by atoms with E-state index < -0.39 is 0 Å². The molecule has 3 nitrogen and oxygen atoms in total. The van der Waals surface area contributed by atoms with Gasteiger partial charge in [0.05, 0.1) is 17.1 Å². The smallest absolute Gasteiger partial charge is 0.162 e. The van der Waals surface area contributed by atoms with Crippen LogP contribution in [0.15, 0.2) is 54.6 Å². The van der Waals surface area contributed by atoms with Gasteiger partial charge in [0.25, 0.3) is 0 Å². The minimum Gasteiger partial charge on any atom is -0.253 e. The second-order valence-corrected chi connectivity index (χ2v) is 5.15. The van der Waals surface area contributed by atoms with Crippen LogP contribution in [-0.2, 0) is 0 Å². The van der Waals surface area contributed by atoms with Crippen molar-refractivity contribution < 1.29 is 0 Å². The van der Waals surface area contributed by atoms with Crippen LogP contribution in [0.3, 0.4) is 0 Å². The Hall–Kier alpha value is -2.99. The molecule has 0 radical (unpaired) electrons. The summed E-state index contributed by atoms with van der Waals surface area (Å²) >= 11 is 0. The minimum absolute atomic E-state index is 0.382. The van der Waals surface area contributed by atoms with Crippen LogP contribution < -0.4 is 0 Å². The molecule has 0 saturated heterocycles. The topological polar surface area (TPSA) is 49.6 Å². The van der Waals surface area contributed by atoms with Crippen molar-refractivity contribution in [3.8, 4) is 28.5 Å². The molecule has 0 fully saturated rings. The largest absolute Gasteiger partial charge is 0.253 e. The Morgan fingerprint density at radius 1 is 0.727 bits per heavy atom. The summed E-state index contributed by atoms with van der Waals surface area (Å²) in [5, 5.41) is 9.12. The van der Waals surface area contributed by atoms with Crippen LogP contribution in [0.4, 0.5) is 0 Å². The molecule has 106 valence electrons. The Kier molecular flexibility index (Phi) is 3.67. The Morgan fingerprint density at radius 3 is 1.95 bits per heavy atom. The zero-order valence-corrected chi connectivity index (χ0v) is 12.5. The molecule has 0 N–H and O–H groups in total. The molecule has 2 aromatic carbocycles. The molecule has 1 aromatic heterocycles. The van der Waals surface area contributed by atoms with E-state index in [0.29, 0.717) is 11.4 Å². The summed E-state index contributed by atoms with van der Waals surface area (Å²) in [7, 11) is 0. The van der Waals surface area contributed by atoms with Gasteiger partial charge in [-0.05, 0) is 25.0 Å². The molecule has 0 unspecified atom stereocenters. The number of hydrogen-bond acceptors (Lipinski definition) is 3. The number of hydrogen-bond donors (Lipinski definition) is 0. The predicted octanol–water partition coefficient (Wildman–Crippen LogP) is 4.30. The standard InChI is InChI=1S/C19H15N3/c1-13-18(12-20)22-19(14(2)21-13)17-10-8-16(9-11-17)15-6-4-3-5-7-15/h3-11H,1-2H3. The van der Waals surface area contributed by atoms with Crippen LogP contribution in [0.2, 0.25) is 0 Å². The fourth-order valence-electron chi connectivity index (χ4n) is 2.46. The van der Waals surface area contributed by atoms with Gasteiger partial charge in [0, 0.05) is 5.56 Å². The highest BCUT2D eigenvalue weighted by molar-refractivity contribution is 5.69. The average molecular weight is 285 g/mol. The van der Waals surface area contributed by atoms with Crippen LogP contribution >= 0.6 is 0 Å². The minimum atomic E-state index is 0.382. The lowest BCUT2D eigenvalue weighted by Gasteiger charge is -2.08. The maximum absolute atomic E-state index is 9.12. The van der Waals surface area contributed by atoms with Crippen molar-refractivity contribution >= 4 is 0 Å². The van der Waals surface area contributed by atoms with Crippen molar-refractivity contribution in [1.82, 2.24) is 9.97 Å². The molecule has 3 heteroatoms. The van der Waals surface area contributed by atoms with Crippen LogP contribution in [0, 0.1) is 25.2 Å². The van der Waals surface area contributed by atoms with Gasteiger partial charge in [-0.25, -0.2) is 4.98 Å². The Balaban J connectivity index is 2.02. The zero-order chi connectivity index (χ0) is 15.5. The van der Waals surface area contributed by atoms with Crippen molar-refractivity contribution in [2.24, 2.45) is 0 Å². The fourth-order valence-corrected chi connectivity index (χ4v) is 2.46. The van der Waals surface area contributed by atoms with Crippen LogP contribution in [-0.4, -0.2) is 9.97 Å². The van der Waals surface area contributed by atoms with Gasteiger partial charge >= 0.3 is 0 Å². The average Bonchev–Trinajstić information content (AvgIpc) is 2.56. The van der Waals surface area contributed by atoms with E-state index in [1.165, 1.54) is 5.56 Å². The van der Waals surface area contributed by atoms with E-state index in [4.69, 9.17) is 5.26 Å². The first kappa shape index (κ1) is 14.0. The zero-order valence-electron chi connectivity index (χ0n) is 12.5. The summed E-state index contributed by atoms with van der Waals surface area (Å²) < 4.78 is 0. The van der Waals surface area contributed by atoms with Crippen LogP contribution in [0.25, 0.3) is 22.4 Å². The fraction of sp³-hybridized carbons (Fsp3) is 0.105. The molecule has 1 heterocycles. The molecular formula is C19H15N3. The number of benzene rings is 2. The number of rotatable bonds is 2. The van der Waals surface area contributed by atoms with E-state index in [1.807, 2.05) is 37.3 Å². The number of aryl methyl sites for hydroxylation is 2. The molecule has 0 aliphatic heterocycles. The van der Waals surface area contributed by atoms with E-state index in [9.17, 15) is 0 Å². The normalized spacial score (nSPS) is 10.2. The molecule has 0 saturated carbocycles. The first-order chi connectivity index (χ1) is 10.7. The quantitative estimate of drug-likeness (QED) is 0.705. The van der Waals surface area contributed by atoms with Gasteiger partial charge in [-0.15, -0.1) is 0 Å². The molecule has 0 aliphatic rings. The second kappa shape index (κ2) is 5.79. The van der Waals surface area contributed by atoms with Crippen molar-refractivity contribution in [3.05, 3.63) is 71.7 Å². The van der Waals surface area contributed by atoms with Crippen LogP contribution in [0.5, 0.6) is 0 Å². The van der Waals surface area contributed by atoms with Crippen molar-refractivity contribution in [1.29, 1.82) is 5.26 Å². The summed E-state index contributed by atoms with van der Waals surface area (Å²) in [4.78, 5) is 8.86. The molecular weight excluding hydrogens is 270 g/mol. The lowest BCUT2D eigenvalue weighted by Crippen LogP contribution is -1.99. The highest BCUT2D eigenvalue weighted by atomic mass is 14.8. The van der Waals surface area contributed by atoms with Crippen molar-refractivity contribution in [2.75, 3.05) is 0 Å². The Labute approximate surface area is 129 Å². The van der Waals surface area contributed by atoms with E-state index in [1.54, 1.807) is 6.92 Å². The predicted molar refractivity (Wildman–Crippen MR) is 87.1 cm³/mol. The molecule has 22 heavy (non-hydrogen) atoms. The molecule has 3 aromatic rings. The second-order valence-electron chi connectivity index (χ2n) is 5.15. The third-order valence-electron chi connectivity index (χ3n) is 3.62. The summed E-state index contributed by atoms with van der Waals surface area (Å²) in [6.45, 7) is 3.72. The molecule has 3 rings (SSSR count). The van der Waals surface area contributed by atoms with Gasteiger partial charge in [0.2, 0.25) is 0 Å². The highest BCUT2D eigenvalue weighted by Crippen LogP contribution is 2.25. The van der Waals surface area contributed by atoms with Gasteiger partial charge in [-0.3, -0.25) is 4.98 Å². The monoisotopic (exact) mass is 285 g/mol. The molecule has 0 amide bonds. The first-order valence-electron chi connectivity index (χ1n) is 7.10. The van der Waals surface area contributed by atoms with Gasteiger partial charge in [0.15, 0.2) is 5.69 Å². The van der Waals surface area contributed by atoms with E-state index >= 15 is 0 Å².